The number of amides is 1. The number of methoxy groups -OCH3 is 1. The molecule has 1 amide bonds. The third-order valence-corrected chi connectivity index (χ3v) is 4.53. The summed E-state index contributed by atoms with van der Waals surface area (Å²) in [6.07, 6.45) is 1.27. The van der Waals surface area contributed by atoms with Gasteiger partial charge in [0.1, 0.15) is 11.6 Å². The molecule has 1 heterocycles. The number of carbonyl (C=O) groups excluding carboxylic acids is 1. The molecule has 0 saturated carbocycles. The van der Waals surface area contributed by atoms with E-state index in [0.29, 0.717) is 26.1 Å². The molecule has 0 radical (unpaired) electrons. The average Bonchev–Trinajstić information content (AvgIpc) is 2.99. The second-order valence-electron chi connectivity index (χ2n) is 6.35. The predicted octanol–water partition coefficient (Wildman–Crippen LogP) is 2.77. The lowest BCUT2D eigenvalue weighted by Crippen LogP contribution is -2.33. The Morgan fingerprint density at radius 2 is 2.00 bits per heavy atom. The summed E-state index contributed by atoms with van der Waals surface area (Å²) in [6.45, 7) is 2.09. The summed E-state index contributed by atoms with van der Waals surface area (Å²) in [5.74, 6) is 0.774. The van der Waals surface area contributed by atoms with E-state index in [-0.39, 0.29) is 17.8 Å². The Morgan fingerprint density at radius 1 is 1.20 bits per heavy atom. The van der Waals surface area contributed by atoms with E-state index in [2.05, 4.69) is 5.32 Å². The predicted molar refractivity (Wildman–Crippen MR) is 94.9 cm³/mol. The van der Waals surface area contributed by atoms with Crippen molar-refractivity contribution in [3.05, 3.63) is 65.5 Å². The molecule has 1 fully saturated rings. The fraction of sp³-hybridized carbons (Fsp3) is 0.350. The molecule has 25 heavy (non-hydrogen) atoms. The number of halogens is 1. The number of carbonyl (C=O) groups is 1. The fourth-order valence-electron chi connectivity index (χ4n) is 3.08. The van der Waals surface area contributed by atoms with E-state index >= 15 is 0 Å². The molecule has 1 aliphatic rings. The molecule has 2 aromatic carbocycles. The minimum Gasteiger partial charge on any atom is -0.497 e. The molecule has 1 atom stereocenters. The van der Waals surface area contributed by atoms with Crippen LogP contribution in [0.5, 0.6) is 5.75 Å². The summed E-state index contributed by atoms with van der Waals surface area (Å²) in [5, 5.41) is 3.45. The van der Waals surface area contributed by atoms with Gasteiger partial charge in [-0.1, -0.05) is 24.3 Å². The first-order chi connectivity index (χ1) is 12.1. The van der Waals surface area contributed by atoms with Gasteiger partial charge >= 0.3 is 0 Å². The maximum Gasteiger partial charge on any atom is 0.224 e. The number of ether oxygens (including phenoxy) is 1. The summed E-state index contributed by atoms with van der Waals surface area (Å²) in [7, 11) is 1.65. The van der Waals surface area contributed by atoms with Gasteiger partial charge in [0, 0.05) is 32.1 Å². The number of hydrogen-bond donors (Lipinski definition) is 1. The molecule has 5 heteroatoms. The highest BCUT2D eigenvalue weighted by molar-refractivity contribution is 5.79. The van der Waals surface area contributed by atoms with E-state index in [1.165, 1.54) is 12.1 Å². The number of nitrogens with zero attached hydrogens (tertiary/aromatic N) is 1. The number of likely N-dealkylation sites (tertiary alicyclic amines) is 1. The SMILES string of the molecule is COc1cccc(CN[C@H]2CC(=O)N(CCc3ccc(F)cc3)C2)c1. The third kappa shape index (κ3) is 4.79. The maximum atomic E-state index is 12.9. The summed E-state index contributed by atoms with van der Waals surface area (Å²) >= 11 is 0. The van der Waals surface area contributed by atoms with Crippen LogP contribution in [-0.4, -0.2) is 37.0 Å². The zero-order valence-electron chi connectivity index (χ0n) is 14.4. The van der Waals surface area contributed by atoms with Gasteiger partial charge in [0.2, 0.25) is 5.91 Å². The van der Waals surface area contributed by atoms with Crippen molar-refractivity contribution >= 4 is 5.91 Å². The van der Waals surface area contributed by atoms with Crippen LogP contribution in [0.2, 0.25) is 0 Å². The number of rotatable bonds is 7. The lowest BCUT2D eigenvalue weighted by molar-refractivity contribution is -0.127. The summed E-state index contributed by atoms with van der Waals surface area (Å²) in [4.78, 5) is 14.1. The molecule has 4 nitrogen and oxygen atoms in total. The van der Waals surface area contributed by atoms with Gasteiger partial charge in [-0.3, -0.25) is 4.79 Å². The van der Waals surface area contributed by atoms with E-state index in [1.807, 2.05) is 29.2 Å². The van der Waals surface area contributed by atoms with Gasteiger partial charge in [-0.25, -0.2) is 4.39 Å². The molecule has 132 valence electrons. The van der Waals surface area contributed by atoms with E-state index in [0.717, 1.165) is 23.3 Å². The van der Waals surface area contributed by atoms with Gasteiger partial charge in [-0.15, -0.1) is 0 Å². The fourth-order valence-corrected chi connectivity index (χ4v) is 3.08. The van der Waals surface area contributed by atoms with Gasteiger partial charge in [0.25, 0.3) is 0 Å². The number of hydrogen-bond acceptors (Lipinski definition) is 3. The van der Waals surface area contributed by atoms with Crippen molar-refractivity contribution in [3.8, 4) is 5.75 Å². The molecule has 1 N–H and O–H groups in total. The minimum atomic E-state index is -0.234. The van der Waals surface area contributed by atoms with Crippen LogP contribution in [-0.2, 0) is 17.8 Å². The highest BCUT2D eigenvalue weighted by Gasteiger charge is 2.28. The normalized spacial score (nSPS) is 17.1. The molecular weight excluding hydrogens is 319 g/mol. The average molecular weight is 342 g/mol. The molecule has 0 spiro atoms. The Kier molecular flexibility index (Phi) is 5.66. The summed E-state index contributed by atoms with van der Waals surface area (Å²) < 4.78 is 18.2. The Labute approximate surface area is 147 Å². The van der Waals surface area contributed by atoms with Crippen molar-refractivity contribution in [1.29, 1.82) is 0 Å². The Bertz CT molecular complexity index is 718. The number of nitrogens with one attached hydrogen (secondary N) is 1. The topological polar surface area (TPSA) is 41.6 Å². The second kappa shape index (κ2) is 8.12. The molecule has 3 rings (SSSR count). The van der Waals surface area contributed by atoms with Crippen molar-refractivity contribution in [2.45, 2.75) is 25.4 Å². The van der Waals surface area contributed by atoms with Crippen LogP contribution in [0.1, 0.15) is 17.5 Å². The quantitative estimate of drug-likeness (QED) is 0.841. The third-order valence-electron chi connectivity index (χ3n) is 4.53. The Morgan fingerprint density at radius 3 is 2.76 bits per heavy atom. The Balaban J connectivity index is 1.47. The van der Waals surface area contributed by atoms with Crippen LogP contribution in [0, 0.1) is 5.82 Å². The lowest BCUT2D eigenvalue weighted by Gasteiger charge is -2.17. The highest BCUT2D eigenvalue weighted by Crippen LogP contribution is 2.15. The minimum absolute atomic E-state index is 0.159. The monoisotopic (exact) mass is 342 g/mol. The standard InChI is InChI=1S/C20H23FN2O2/c1-25-19-4-2-3-16(11-19)13-22-18-12-20(24)23(14-18)10-9-15-5-7-17(21)8-6-15/h2-8,11,18,22H,9-10,12-14H2,1H3/t18-/m0/s1. The van der Waals surface area contributed by atoms with Gasteiger partial charge in [-0.05, 0) is 41.8 Å². The van der Waals surface area contributed by atoms with Crippen LogP contribution in [0.4, 0.5) is 4.39 Å². The molecule has 0 aromatic heterocycles. The van der Waals surface area contributed by atoms with E-state index in [4.69, 9.17) is 4.74 Å². The van der Waals surface area contributed by atoms with Crippen molar-refractivity contribution in [2.24, 2.45) is 0 Å². The first-order valence-corrected chi connectivity index (χ1v) is 8.52. The van der Waals surface area contributed by atoms with Crippen LogP contribution in [0.25, 0.3) is 0 Å². The van der Waals surface area contributed by atoms with Crippen molar-refractivity contribution in [2.75, 3.05) is 20.2 Å². The first kappa shape index (κ1) is 17.4. The molecule has 1 aliphatic heterocycles. The zero-order chi connectivity index (χ0) is 17.6. The zero-order valence-corrected chi connectivity index (χ0v) is 14.4. The number of benzene rings is 2. The van der Waals surface area contributed by atoms with Crippen LogP contribution in [0.15, 0.2) is 48.5 Å². The second-order valence-corrected chi connectivity index (χ2v) is 6.35. The van der Waals surface area contributed by atoms with Crippen LogP contribution >= 0.6 is 0 Å². The van der Waals surface area contributed by atoms with Crippen molar-refractivity contribution in [1.82, 2.24) is 10.2 Å². The summed E-state index contributed by atoms with van der Waals surface area (Å²) in [6, 6.07) is 14.5. The maximum absolute atomic E-state index is 12.9. The molecule has 0 bridgehead atoms. The molecule has 0 unspecified atom stereocenters. The Hall–Kier alpha value is -2.40. The van der Waals surface area contributed by atoms with E-state index in [9.17, 15) is 9.18 Å². The summed E-state index contributed by atoms with van der Waals surface area (Å²) in [5.41, 5.74) is 2.18. The van der Waals surface area contributed by atoms with Gasteiger partial charge in [-0.2, -0.15) is 0 Å². The van der Waals surface area contributed by atoms with Crippen LogP contribution in [0.3, 0.4) is 0 Å². The van der Waals surface area contributed by atoms with Crippen molar-refractivity contribution in [3.63, 3.8) is 0 Å². The van der Waals surface area contributed by atoms with Gasteiger partial charge < -0.3 is 15.0 Å². The lowest BCUT2D eigenvalue weighted by atomic mass is 10.1. The largest absolute Gasteiger partial charge is 0.497 e. The first-order valence-electron chi connectivity index (χ1n) is 8.52. The van der Waals surface area contributed by atoms with E-state index in [1.54, 1.807) is 19.2 Å². The van der Waals surface area contributed by atoms with Gasteiger partial charge in [0.05, 0.1) is 7.11 Å². The molecular formula is C20H23FN2O2. The molecule has 0 aliphatic carbocycles. The molecule has 2 aromatic rings. The van der Waals surface area contributed by atoms with Gasteiger partial charge in [0.15, 0.2) is 0 Å². The van der Waals surface area contributed by atoms with E-state index < -0.39 is 0 Å². The van der Waals surface area contributed by atoms with Crippen molar-refractivity contribution < 1.29 is 13.9 Å². The van der Waals surface area contributed by atoms with Crippen LogP contribution < -0.4 is 10.1 Å². The smallest absolute Gasteiger partial charge is 0.224 e. The highest BCUT2D eigenvalue weighted by atomic mass is 19.1. The molecule has 1 saturated heterocycles.